The van der Waals surface area contributed by atoms with Crippen LogP contribution in [0.1, 0.15) is 11.1 Å². The Balaban J connectivity index is 0.000000405. The summed E-state index contributed by atoms with van der Waals surface area (Å²) in [6, 6.07) is 19.5. The molecule has 148 valence electrons. The first-order valence-corrected chi connectivity index (χ1v) is 9.11. The number of benzene rings is 2. The smallest absolute Gasteiger partial charge is 0.254 e. The second-order valence-corrected chi connectivity index (χ2v) is 7.67. The number of thiocarbonyl (C=S) groups is 2. The Morgan fingerprint density at radius 1 is 0.704 bits per heavy atom. The van der Waals surface area contributed by atoms with Crippen LogP contribution in [0, 0.1) is 0 Å². The van der Waals surface area contributed by atoms with Crippen molar-refractivity contribution in [1.29, 1.82) is 0 Å². The molecule has 7 heteroatoms. The highest BCUT2D eigenvalue weighted by Gasteiger charge is 1.92. The lowest BCUT2D eigenvalue weighted by molar-refractivity contribution is -0.849. The summed E-state index contributed by atoms with van der Waals surface area (Å²) in [4.78, 5) is 0. The number of ether oxygens (including phenoxy) is 2. The molecule has 0 unspecified atom stereocenters. The van der Waals surface area contributed by atoms with E-state index in [9.17, 15) is 0 Å². The van der Waals surface area contributed by atoms with E-state index in [0.717, 1.165) is 15.6 Å². The fourth-order valence-corrected chi connectivity index (χ4v) is 1.58. The molecule has 0 bridgehead atoms. The van der Waals surface area contributed by atoms with Crippen LogP contribution in [0.2, 0.25) is 0 Å². The van der Waals surface area contributed by atoms with Gasteiger partial charge in [-0.3, -0.25) is 0 Å². The first-order chi connectivity index (χ1) is 12.6. The number of hydrogen-bond donors (Lipinski definition) is 2. The van der Waals surface area contributed by atoms with Gasteiger partial charge in [0.15, 0.2) is 0 Å². The summed E-state index contributed by atoms with van der Waals surface area (Å²) in [5, 5.41) is 0.183. The van der Waals surface area contributed by atoms with Crippen molar-refractivity contribution in [2.24, 2.45) is 11.5 Å². The van der Waals surface area contributed by atoms with Gasteiger partial charge in [0.2, 0.25) is 0 Å². The maximum absolute atomic E-state index is 5.15. The molecule has 27 heavy (non-hydrogen) atoms. The van der Waals surface area contributed by atoms with Crippen LogP contribution in [-0.2, 0) is 22.7 Å². The quantitative estimate of drug-likeness (QED) is 0.598. The Labute approximate surface area is 173 Å². The molecule has 0 aromatic heterocycles. The molecule has 0 aliphatic carbocycles. The number of nitrogens with zero attached hydrogens (tertiary/aromatic N) is 1. The van der Waals surface area contributed by atoms with E-state index in [0.29, 0.717) is 13.2 Å². The van der Waals surface area contributed by atoms with Gasteiger partial charge in [0.05, 0.1) is 28.2 Å². The number of nitrogens with two attached hydrogens (primary N) is 2. The summed E-state index contributed by atoms with van der Waals surface area (Å²) in [6.45, 7) is 0.909. The van der Waals surface area contributed by atoms with Crippen LogP contribution in [0.25, 0.3) is 0 Å². The zero-order valence-electron chi connectivity index (χ0n) is 16.4. The van der Waals surface area contributed by atoms with Gasteiger partial charge in [-0.15, -0.1) is 0 Å². The summed E-state index contributed by atoms with van der Waals surface area (Å²) in [7, 11) is 8.50. The zero-order valence-corrected chi connectivity index (χ0v) is 18.1. The summed E-state index contributed by atoms with van der Waals surface area (Å²) >= 11 is 9.10. The average molecular weight is 409 g/mol. The topological polar surface area (TPSA) is 70.5 Å². The summed E-state index contributed by atoms with van der Waals surface area (Å²) < 4.78 is 10.9. The molecule has 5 nitrogen and oxygen atoms in total. The lowest BCUT2D eigenvalue weighted by Gasteiger charge is -2.14. The van der Waals surface area contributed by atoms with Crippen molar-refractivity contribution >= 4 is 34.8 Å². The highest BCUT2D eigenvalue weighted by Crippen LogP contribution is 2.00. The van der Waals surface area contributed by atoms with Crippen molar-refractivity contribution in [3.63, 3.8) is 0 Å². The van der Waals surface area contributed by atoms with Crippen LogP contribution >= 0.6 is 24.4 Å². The van der Waals surface area contributed by atoms with E-state index < -0.39 is 0 Å². The minimum Gasteiger partial charge on any atom is -0.466 e. The highest BCUT2D eigenvalue weighted by molar-refractivity contribution is 7.80. The molecule has 2 aromatic carbocycles. The maximum atomic E-state index is 5.15. The van der Waals surface area contributed by atoms with E-state index in [1.807, 2.05) is 60.7 Å². The Hall–Kier alpha value is -2.22. The first-order valence-electron chi connectivity index (χ1n) is 8.29. The van der Waals surface area contributed by atoms with Crippen molar-refractivity contribution in [3.05, 3.63) is 71.8 Å². The van der Waals surface area contributed by atoms with Crippen molar-refractivity contribution in [2.75, 3.05) is 28.2 Å². The molecule has 4 N–H and O–H groups in total. The standard InChI is InChI=1S/2C8H9NOS.C4H12N/c2*9-8(11)10-6-7-4-2-1-3-5-7;1-5(2,3)4/h2*1-5H,6H2,(H2,9,11);1-4H3/q;;+1. The van der Waals surface area contributed by atoms with Gasteiger partial charge in [-0.05, 0) is 35.6 Å². The van der Waals surface area contributed by atoms with Gasteiger partial charge in [0, 0.05) is 0 Å². The number of quaternary nitrogens is 1. The second-order valence-electron chi connectivity index (χ2n) is 6.87. The van der Waals surface area contributed by atoms with Crippen molar-refractivity contribution in [2.45, 2.75) is 13.2 Å². The predicted octanol–water partition coefficient (Wildman–Crippen LogP) is 3.22. The highest BCUT2D eigenvalue weighted by atomic mass is 32.1. The van der Waals surface area contributed by atoms with E-state index in [1.54, 1.807) is 0 Å². The van der Waals surface area contributed by atoms with Gasteiger partial charge in [-0.25, -0.2) is 0 Å². The van der Waals surface area contributed by atoms with Crippen LogP contribution in [0.3, 0.4) is 0 Å². The van der Waals surface area contributed by atoms with Gasteiger partial charge >= 0.3 is 0 Å². The summed E-state index contributed by atoms with van der Waals surface area (Å²) in [5.41, 5.74) is 12.4. The molecule has 0 amide bonds. The van der Waals surface area contributed by atoms with E-state index in [4.69, 9.17) is 20.9 Å². The second kappa shape index (κ2) is 13.9. The van der Waals surface area contributed by atoms with Gasteiger partial charge in [0.25, 0.3) is 10.3 Å². The molecule has 2 aromatic rings. The Kier molecular flexibility index (Phi) is 12.8. The Morgan fingerprint density at radius 3 is 1.19 bits per heavy atom. The molecule has 0 radical (unpaired) electrons. The van der Waals surface area contributed by atoms with E-state index in [-0.39, 0.29) is 10.3 Å². The van der Waals surface area contributed by atoms with Crippen LogP contribution < -0.4 is 11.5 Å². The van der Waals surface area contributed by atoms with E-state index in [2.05, 4.69) is 52.6 Å². The summed E-state index contributed by atoms with van der Waals surface area (Å²) in [6.07, 6.45) is 0. The minimum atomic E-state index is 0.0915. The maximum Gasteiger partial charge on any atom is 0.254 e. The Morgan fingerprint density at radius 2 is 0.963 bits per heavy atom. The molecular formula is C20H30N3O2S2+. The molecule has 0 heterocycles. The molecule has 0 aliphatic heterocycles. The fourth-order valence-electron chi connectivity index (χ4n) is 1.46. The molecule has 0 aliphatic rings. The lowest BCUT2D eigenvalue weighted by Crippen LogP contribution is -2.27. The average Bonchev–Trinajstić information content (AvgIpc) is 2.59. The number of rotatable bonds is 4. The van der Waals surface area contributed by atoms with E-state index >= 15 is 0 Å². The molecule has 0 saturated heterocycles. The van der Waals surface area contributed by atoms with Crippen molar-refractivity contribution in [1.82, 2.24) is 0 Å². The van der Waals surface area contributed by atoms with Crippen LogP contribution in [0.15, 0.2) is 60.7 Å². The lowest BCUT2D eigenvalue weighted by atomic mass is 10.2. The van der Waals surface area contributed by atoms with Gasteiger partial charge in [0.1, 0.15) is 13.2 Å². The SMILES string of the molecule is C[N+](C)(C)C.NC(=S)OCc1ccccc1.NC(=S)OCc1ccccc1. The monoisotopic (exact) mass is 408 g/mol. The zero-order chi connectivity index (χ0) is 20.7. The van der Waals surface area contributed by atoms with Gasteiger partial charge in [-0.2, -0.15) is 0 Å². The van der Waals surface area contributed by atoms with Gasteiger partial charge < -0.3 is 25.4 Å². The molecular weight excluding hydrogens is 378 g/mol. The van der Waals surface area contributed by atoms with Crippen LogP contribution in [-0.4, -0.2) is 43.0 Å². The third-order valence-electron chi connectivity index (χ3n) is 2.45. The fraction of sp³-hybridized carbons (Fsp3) is 0.300. The number of hydrogen-bond acceptors (Lipinski definition) is 4. The first kappa shape index (κ1) is 24.8. The predicted molar refractivity (Wildman–Crippen MR) is 120 cm³/mol. The van der Waals surface area contributed by atoms with Gasteiger partial charge in [-0.1, -0.05) is 60.7 Å². The van der Waals surface area contributed by atoms with E-state index in [1.165, 1.54) is 0 Å². The van der Waals surface area contributed by atoms with Crippen molar-refractivity contribution < 1.29 is 14.0 Å². The molecule has 0 atom stereocenters. The molecule has 0 fully saturated rings. The Bertz CT molecular complexity index is 600. The summed E-state index contributed by atoms with van der Waals surface area (Å²) in [5.74, 6) is 0. The third kappa shape index (κ3) is 19.9. The van der Waals surface area contributed by atoms with Crippen molar-refractivity contribution in [3.8, 4) is 0 Å². The normalized spacial score (nSPS) is 9.63. The largest absolute Gasteiger partial charge is 0.466 e. The minimum absolute atomic E-state index is 0.0915. The third-order valence-corrected chi connectivity index (χ3v) is 2.68. The molecule has 0 saturated carbocycles. The van der Waals surface area contributed by atoms with Crippen LogP contribution in [0.4, 0.5) is 0 Å². The van der Waals surface area contributed by atoms with Crippen LogP contribution in [0.5, 0.6) is 0 Å². The molecule has 2 rings (SSSR count). The molecule has 0 spiro atoms.